The molecule has 1 aromatic heterocycles. The van der Waals surface area contributed by atoms with Gasteiger partial charge in [-0.05, 0) is 19.9 Å². The fraction of sp³-hybridized carbons (Fsp3) is 0.231. The smallest absolute Gasteiger partial charge is 0.138 e. The van der Waals surface area contributed by atoms with Gasteiger partial charge in [-0.15, -0.1) is 11.6 Å². The summed E-state index contributed by atoms with van der Waals surface area (Å²) >= 11 is 12.6. The number of rotatable bonds is 1. The van der Waals surface area contributed by atoms with Crippen molar-refractivity contribution in [2.45, 2.75) is 18.7 Å². The highest BCUT2D eigenvalue weighted by atomic mass is 35.5. The number of nitrogens with zero attached hydrogens (tertiary/aromatic N) is 3. The third-order valence-corrected chi connectivity index (χ3v) is 3.67. The highest BCUT2D eigenvalue weighted by Gasteiger charge is 2.34. The van der Waals surface area contributed by atoms with E-state index in [0.29, 0.717) is 5.03 Å². The van der Waals surface area contributed by atoms with Crippen LogP contribution >= 0.6 is 23.2 Å². The largest absolute Gasteiger partial charge is 0.358 e. The molecule has 0 saturated heterocycles. The highest BCUT2D eigenvalue weighted by Crippen LogP contribution is 2.39. The van der Waals surface area contributed by atoms with Crippen LogP contribution in [0.5, 0.6) is 0 Å². The molecule has 6 heteroatoms. The van der Waals surface area contributed by atoms with E-state index in [1.807, 2.05) is 32.1 Å². The van der Waals surface area contributed by atoms with Gasteiger partial charge in [0.25, 0.3) is 0 Å². The van der Waals surface area contributed by atoms with Gasteiger partial charge in [-0.3, -0.25) is 0 Å². The van der Waals surface area contributed by atoms with Gasteiger partial charge in [0.15, 0.2) is 0 Å². The summed E-state index contributed by atoms with van der Waals surface area (Å²) in [5.41, 5.74) is 2.73. The number of dihydropyridines is 1. The van der Waals surface area contributed by atoms with E-state index in [4.69, 9.17) is 23.2 Å². The van der Waals surface area contributed by atoms with E-state index >= 15 is 0 Å². The molecule has 2 heterocycles. The van der Waals surface area contributed by atoms with Crippen LogP contribution in [0.15, 0.2) is 47.1 Å². The van der Waals surface area contributed by atoms with Gasteiger partial charge in [-0.1, -0.05) is 23.8 Å². The molecule has 0 aromatic carbocycles. The Bertz CT molecular complexity index is 662. The van der Waals surface area contributed by atoms with E-state index in [2.05, 4.69) is 15.4 Å². The number of nitrogens with one attached hydrogen (secondary N) is 1. The van der Waals surface area contributed by atoms with Crippen LogP contribution in [0.25, 0.3) is 5.70 Å². The van der Waals surface area contributed by atoms with E-state index in [-0.39, 0.29) is 0 Å². The maximum absolute atomic E-state index is 6.60. The van der Waals surface area contributed by atoms with Crippen LogP contribution in [0.4, 0.5) is 0 Å². The molecule has 1 aromatic rings. The lowest BCUT2D eigenvalue weighted by atomic mass is 9.92. The zero-order chi connectivity index (χ0) is 13.6. The molecule has 0 spiro atoms. The minimum Gasteiger partial charge on any atom is -0.358 e. The number of alkyl halides is 1. The standard InChI is InChI=1S/C13H12Cl2N4/c1-8-17-7-18-19(8)12-11-9(3-4-13(12,2)15)5-10(14)6-16-11/h3-7,16H,1-2H3. The summed E-state index contributed by atoms with van der Waals surface area (Å²) in [4.78, 5) is 3.50. The Kier molecular flexibility index (Phi) is 2.80. The lowest BCUT2D eigenvalue weighted by molar-refractivity contribution is 0.764. The molecule has 1 N–H and O–H groups in total. The molecule has 2 aliphatic rings. The van der Waals surface area contributed by atoms with Gasteiger partial charge >= 0.3 is 0 Å². The summed E-state index contributed by atoms with van der Waals surface area (Å²) in [6.45, 7) is 3.81. The SMILES string of the molecule is Cc1ncnn1C1=C2NC=C(Cl)C=C2C=CC1(C)Cl. The van der Waals surface area contributed by atoms with E-state index in [0.717, 1.165) is 22.8 Å². The summed E-state index contributed by atoms with van der Waals surface area (Å²) in [5.74, 6) is 0.784. The molecule has 1 aliphatic carbocycles. The molecule has 4 nitrogen and oxygen atoms in total. The average molecular weight is 295 g/mol. The molecular weight excluding hydrogens is 283 g/mol. The first-order valence-electron chi connectivity index (χ1n) is 5.83. The van der Waals surface area contributed by atoms with Gasteiger partial charge in [0.05, 0.1) is 16.4 Å². The Morgan fingerprint density at radius 2 is 2.21 bits per heavy atom. The Morgan fingerprint density at radius 1 is 1.42 bits per heavy atom. The summed E-state index contributed by atoms with van der Waals surface area (Å²) in [6, 6.07) is 0. The lowest BCUT2D eigenvalue weighted by Gasteiger charge is -2.31. The first kappa shape index (κ1) is 12.5. The maximum Gasteiger partial charge on any atom is 0.138 e. The Labute approximate surface area is 121 Å². The van der Waals surface area contributed by atoms with Crippen LogP contribution in [0.3, 0.4) is 0 Å². The molecule has 0 fully saturated rings. The van der Waals surface area contributed by atoms with Crippen LogP contribution in [0.1, 0.15) is 12.7 Å². The molecule has 0 saturated carbocycles. The monoisotopic (exact) mass is 294 g/mol. The fourth-order valence-corrected chi connectivity index (χ4v) is 2.63. The molecule has 0 radical (unpaired) electrons. The number of aryl methyl sites for hydroxylation is 1. The predicted molar refractivity (Wildman–Crippen MR) is 76.5 cm³/mol. The molecule has 1 atom stereocenters. The molecule has 0 amide bonds. The third-order valence-electron chi connectivity index (χ3n) is 3.14. The molecule has 1 unspecified atom stereocenters. The zero-order valence-electron chi connectivity index (χ0n) is 10.5. The second-order valence-electron chi connectivity index (χ2n) is 4.62. The van der Waals surface area contributed by atoms with Crippen molar-refractivity contribution in [2.75, 3.05) is 0 Å². The van der Waals surface area contributed by atoms with Gasteiger partial charge < -0.3 is 5.32 Å². The van der Waals surface area contributed by atoms with Gasteiger partial charge in [-0.25, -0.2) is 9.67 Å². The van der Waals surface area contributed by atoms with Gasteiger partial charge in [0, 0.05) is 11.8 Å². The van der Waals surface area contributed by atoms with Crippen molar-refractivity contribution in [1.29, 1.82) is 0 Å². The average Bonchev–Trinajstić information content (AvgIpc) is 2.75. The first-order chi connectivity index (χ1) is 8.99. The molecular formula is C13H12Cl2N4. The number of hydrogen-bond donors (Lipinski definition) is 1. The Hall–Kier alpha value is -1.52. The van der Waals surface area contributed by atoms with Crippen LogP contribution < -0.4 is 5.32 Å². The van der Waals surface area contributed by atoms with E-state index in [1.165, 1.54) is 6.33 Å². The predicted octanol–water partition coefficient (Wildman–Crippen LogP) is 2.93. The maximum atomic E-state index is 6.60. The minimum absolute atomic E-state index is 0.649. The number of hydrogen-bond acceptors (Lipinski definition) is 3. The van der Waals surface area contributed by atoms with Crippen LogP contribution in [0, 0.1) is 6.92 Å². The van der Waals surface area contributed by atoms with Crippen LogP contribution in [-0.4, -0.2) is 19.6 Å². The summed E-state index contributed by atoms with van der Waals surface area (Å²) in [5, 5.41) is 8.09. The third kappa shape index (κ3) is 2.01. The molecule has 19 heavy (non-hydrogen) atoms. The fourth-order valence-electron chi connectivity index (χ4n) is 2.22. The molecule has 1 aliphatic heterocycles. The highest BCUT2D eigenvalue weighted by molar-refractivity contribution is 6.32. The summed E-state index contributed by atoms with van der Waals surface area (Å²) < 4.78 is 1.75. The van der Waals surface area contributed by atoms with Crippen LogP contribution in [0.2, 0.25) is 0 Å². The topological polar surface area (TPSA) is 42.7 Å². The van der Waals surface area contributed by atoms with Crippen molar-refractivity contribution in [1.82, 2.24) is 20.1 Å². The van der Waals surface area contributed by atoms with Gasteiger partial charge in [0.1, 0.15) is 17.0 Å². The van der Waals surface area contributed by atoms with E-state index in [1.54, 1.807) is 10.9 Å². The van der Waals surface area contributed by atoms with Crippen molar-refractivity contribution < 1.29 is 0 Å². The van der Waals surface area contributed by atoms with Crippen molar-refractivity contribution in [3.05, 3.63) is 52.9 Å². The number of allylic oxidation sites excluding steroid dienone is 5. The van der Waals surface area contributed by atoms with Crippen LogP contribution in [-0.2, 0) is 0 Å². The summed E-state index contributed by atoms with van der Waals surface area (Å²) in [7, 11) is 0. The lowest BCUT2D eigenvalue weighted by Crippen LogP contribution is -2.30. The zero-order valence-corrected chi connectivity index (χ0v) is 12.0. The Morgan fingerprint density at radius 3 is 2.89 bits per heavy atom. The van der Waals surface area contributed by atoms with Gasteiger partial charge in [-0.2, -0.15) is 5.10 Å². The van der Waals surface area contributed by atoms with Gasteiger partial charge in [0.2, 0.25) is 0 Å². The second-order valence-corrected chi connectivity index (χ2v) is 5.85. The van der Waals surface area contributed by atoms with Crippen molar-refractivity contribution in [3.63, 3.8) is 0 Å². The minimum atomic E-state index is -0.657. The first-order valence-corrected chi connectivity index (χ1v) is 6.59. The number of fused-ring (bicyclic) bond motifs is 1. The van der Waals surface area contributed by atoms with Crippen molar-refractivity contribution in [3.8, 4) is 0 Å². The molecule has 3 rings (SSSR count). The quantitative estimate of drug-likeness (QED) is 0.810. The van der Waals surface area contributed by atoms with E-state index < -0.39 is 4.87 Å². The van der Waals surface area contributed by atoms with Crippen molar-refractivity contribution in [2.24, 2.45) is 0 Å². The Balaban J connectivity index is 2.24. The number of halogens is 2. The normalized spacial score (nSPS) is 25.7. The van der Waals surface area contributed by atoms with E-state index in [9.17, 15) is 0 Å². The molecule has 0 bridgehead atoms. The van der Waals surface area contributed by atoms with Crippen molar-refractivity contribution >= 4 is 28.9 Å². The second kappa shape index (κ2) is 4.25. The molecule has 98 valence electrons. The summed E-state index contributed by atoms with van der Waals surface area (Å²) in [6.07, 6.45) is 9.03. The number of aromatic nitrogens is 3.